The fraction of sp³-hybridized carbons (Fsp3) is 0.259. The van der Waals surface area contributed by atoms with E-state index in [1.54, 1.807) is 18.1 Å². The highest BCUT2D eigenvalue weighted by Crippen LogP contribution is 2.26. The average Bonchev–Trinajstić information content (AvgIpc) is 2.83. The monoisotopic (exact) mass is 464 g/mol. The highest BCUT2D eigenvalue weighted by molar-refractivity contribution is 6.31. The molecule has 0 heterocycles. The topological polar surface area (TPSA) is 58.6 Å². The molecule has 0 aliphatic heterocycles. The number of benzene rings is 3. The lowest BCUT2D eigenvalue weighted by Gasteiger charge is -2.33. The summed E-state index contributed by atoms with van der Waals surface area (Å²) in [4.78, 5) is 28.5. The van der Waals surface area contributed by atoms with Gasteiger partial charge in [-0.05, 0) is 34.9 Å². The molecule has 0 bridgehead atoms. The second kappa shape index (κ2) is 11.5. The first-order chi connectivity index (χ1) is 15.9. The first-order valence-electron chi connectivity index (χ1n) is 10.9. The molecule has 33 heavy (non-hydrogen) atoms. The Morgan fingerprint density at radius 2 is 1.58 bits per heavy atom. The number of rotatable bonds is 9. The minimum atomic E-state index is -0.786. The number of methoxy groups -OCH3 is 1. The maximum absolute atomic E-state index is 13.5. The molecule has 0 fully saturated rings. The third-order valence-corrected chi connectivity index (χ3v) is 5.74. The van der Waals surface area contributed by atoms with E-state index in [1.165, 1.54) is 0 Å². The number of halogens is 1. The third-order valence-electron chi connectivity index (χ3n) is 5.38. The molecule has 0 aliphatic rings. The Bertz CT molecular complexity index is 1070. The number of amides is 2. The third kappa shape index (κ3) is 6.36. The number of carbonyl (C=O) groups excluding carboxylic acids is 2. The van der Waals surface area contributed by atoms with Crippen LogP contribution in [0, 0.1) is 5.92 Å². The Balaban J connectivity index is 1.93. The zero-order chi connectivity index (χ0) is 23.8. The van der Waals surface area contributed by atoms with E-state index in [2.05, 4.69) is 5.32 Å². The van der Waals surface area contributed by atoms with Crippen molar-refractivity contribution in [3.05, 3.63) is 101 Å². The molecular formula is C27H29ClN2O3. The average molecular weight is 465 g/mol. The predicted molar refractivity (Wildman–Crippen MR) is 131 cm³/mol. The summed E-state index contributed by atoms with van der Waals surface area (Å²) in [6.45, 7) is 4.24. The lowest BCUT2D eigenvalue weighted by atomic mass is 10.0. The standard InChI is InChI=1S/C27H29ClN2O3/c1-19(2)27(32)30(18-20-13-15-23(33-3)16-14-20)25(21-9-5-4-6-10-21)26(31)29-17-22-11-7-8-12-24(22)28/h4-16,19,25H,17-18H2,1-3H3,(H,29,31)/t25-/m1/s1. The summed E-state index contributed by atoms with van der Waals surface area (Å²) >= 11 is 6.26. The molecule has 0 aromatic heterocycles. The van der Waals surface area contributed by atoms with Crippen LogP contribution in [0.1, 0.15) is 36.6 Å². The maximum atomic E-state index is 13.5. The van der Waals surface area contributed by atoms with E-state index in [0.717, 1.165) is 22.4 Å². The van der Waals surface area contributed by atoms with Gasteiger partial charge in [0, 0.05) is 24.0 Å². The van der Waals surface area contributed by atoms with Crippen LogP contribution in [-0.4, -0.2) is 23.8 Å². The van der Waals surface area contributed by atoms with Gasteiger partial charge in [0.25, 0.3) is 0 Å². The van der Waals surface area contributed by atoms with Crippen LogP contribution < -0.4 is 10.1 Å². The molecule has 0 aliphatic carbocycles. The first-order valence-corrected chi connectivity index (χ1v) is 11.3. The molecule has 2 amide bonds. The summed E-state index contributed by atoms with van der Waals surface area (Å²) in [6, 6.07) is 23.5. The van der Waals surface area contributed by atoms with Gasteiger partial charge in [0.15, 0.2) is 0 Å². The second-order valence-corrected chi connectivity index (χ2v) is 8.50. The molecule has 6 heteroatoms. The Hall–Kier alpha value is -3.31. The minimum absolute atomic E-state index is 0.104. The Morgan fingerprint density at radius 1 is 0.939 bits per heavy atom. The first kappa shape index (κ1) is 24.3. The quantitative estimate of drug-likeness (QED) is 0.461. The van der Waals surface area contributed by atoms with Gasteiger partial charge in [-0.2, -0.15) is 0 Å². The zero-order valence-electron chi connectivity index (χ0n) is 19.1. The van der Waals surface area contributed by atoms with E-state index in [4.69, 9.17) is 16.3 Å². The van der Waals surface area contributed by atoms with Crippen molar-refractivity contribution >= 4 is 23.4 Å². The van der Waals surface area contributed by atoms with Crippen molar-refractivity contribution in [2.24, 2.45) is 5.92 Å². The van der Waals surface area contributed by atoms with Crippen LogP contribution in [0.25, 0.3) is 0 Å². The summed E-state index contributed by atoms with van der Waals surface area (Å²) < 4.78 is 5.24. The van der Waals surface area contributed by atoms with Crippen molar-refractivity contribution in [2.45, 2.75) is 33.0 Å². The summed E-state index contributed by atoms with van der Waals surface area (Å²) in [5.41, 5.74) is 2.47. The Morgan fingerprint density at radius 3 is 2.18 bits per heavy atom. The summed E-state index contributed by atoms with van der Waals surface area (Å²) in [6.07, 6.45) is 0. The number of nitrogens with zero attached hydrogens (tertiary/aromatic N) is 1. The summed E-state index contributed by atoms with van der Waals surface area (Å²) in [5.74, 6) is 0.0969. The van der Waals surface area contributed by atoms with Crippen molar-refractivity contribution in [1.29, 1.82) is 0 Å². The molecule has 0 unspecified atom stereocenters. The van der Waals surface area contributed by atoms with E-state index >= 15 is 0 Å². The van der Waals surface area contributed by atoms with Crippen molar-refractivity contribution in [3.63, 3.8) is 0 Å². The molecule has 3 aromatic carbocycles. The molecule has 0 saturated heterocycles. The van der Waals surface area contributed by atoms with Gasteiger partial charge < -0.3 is 15.0 Å². The second-order valence-electron chi connectivity index (χ2n) is 8.09. The molecule has 0 spiro atoms. The largest absolute Gasteiger partial charge is 0.497 e. The number of ether oxygens (including phenoxy) is 1. The molecule has 0 radical (unpaired) electrons. The van der Waals surface area contributed by atoms with Gasteiger partial charge >= 0.3 is 0 Å². The van der Waals surface area contributed by atoms with Crippen LogP contribution >= 0.6 is 11.6 Å². The molecule has 5 nitrogen and oxygen atoms in total. The van der Waals surface area contributed by atoms with Gasteiger partial charge in [-0.1, -0.05) is 86.1 Å². The van der Waals surface area contributed by atoms with Crippen LogP contribution in [0.3, 0.4) is 0 Å². The van der Waals surface area contributed by atoms with Crippen LogP contribution in [0.4, 0.5) is 0 Å². The molecule has 1 N–H and O–H groups in total. The zero-order valence-corrected chi connectivity index (χ0v) is 19.9. The molecule has 172 valence electrons. The van der Waals surface area contributed by atoms with Gasteiger partial charge in [-0.25, -0.2) is 0 Å². The van der Waals surface area contributed by atoms with Crippen molar-refractivity contribution < 1.29 is 14.3 Å². The summed E-state index contributed by atoms with van der Waals surface area (Å²) in [5, 5.41) is 3.56. The fourth-order valence-electron chi connectivity index (χ4n) is 3.58. The predicted octanol–water partition coefficient (Wildman–Crippen LogP) is 5.39. The SMILES string of the molecule is COc1ccc(CN(C(=O)C(C)C)[C@@H](C(=O)NCc2ccccc2Cl)c2ccccc2)cc1. The van der Waals surface area contributed by atoms with E-state index in [1.807, 2.05) is 86.6 Å². The van der Waals surface area contributed by atoms with E-state index in [0.29, 0.717) is 11.6 Å². The van der Waals surface area contributed by atoms with Crippen LogP contribution in [-0.2, 0) is 22.7 Å². The minimum Gasteiger partial charge on any atom is -0.497 e. The molecule has 0 saturated carbocycles. The Labute approximate surface area is 200 Å². The van der Waals surface area contributed by atoms with Crippen LogP contribution in [0.15, 0.2) is 78.9 Å². The molecule has 3 rings (SSSR count). The van der Waals surface area contributed by atoms with Gasteiger partial charge in [0.2, 0.25) is 11.8 Å². The highest BCUT2D eigenvalue weighted by atomic mass is 35.5. The van der Waals surface area contributed by atoms with Crippen LogP contribution in [0.5, 0.6) is 5.75 Å². The molecule has 3 aromatic rings. The number of carbonyl (C=O) groups is 2. The maximum Gasteiger partial charge on any atom is 0.247 e. The van der Waals surface area contributed by atoms with Gasteiger partial charge in [-0.15, -0.1) is 0 Å². The van der Waals surface area contributed by atoms with E-state index < -0.39 is 6.04 Å². The number of hydrogen-bond acceptors (Lipinski definition) is 3. The molecular weight excluding hydrogens is 436 g/mol. The Kier molecular flexibility index (Phi) is 8.50. The van der Waals surface area contributed by atoms with E-state index in [-0.39, 0.29) is 24.3 Å². The van der Waals surface area contributed by atoms with Gasteiger partial charge in [-0.3, -0.25) is 9.59 Å². The van der Waals surface area contributed by atoms with Crippen molar-refractivity contribution in [1.82, 2.24) is 10.2 Å². The fourth-order valence-corrected chi connectivity index (χ4v) is 3.79. The lowest BCUT2D eigenvalue weighted by Crippen LogP contribution is -2.44. The van der Waals surface area contributed by atoms with Gasteiger partial charge in [0.05, 0.1) is 7.11 Å². The highest BCUT2D eigenvalue weighted by Gasteiger charge is 2.32. The van der Waals surface area contributed by atoms with E-state index in [9.17, 15) is 9.59 Å². The molecule has 1 atom stereocenters. The smallest absolute Gasteiger partial charge is 0.247 e. The van der Waals surface area contributed by atoms with Gasteiger partial charge in [0.1, 0.15) is 11.8 Å². The van der Waals surface area contributed by atoms with Crippen molar-refractivity contribution in [3.8, 4) is 5.75 Å². The lowest BCUT2D eigenvalue weighted by molar-refractivity contribution is -0.144. The normalized spacial score (nSPS) is 11.7. The van der Waals surface area contributed by atoms with Crippen LogP contribution in [0.2, 0.25) is 5.02 Å². The summed E-state index contributed by atoms with van der Waals surface area (Å²) in [7, 11) is 1.61. The van der Waals surface area contributed by atoms with Crippen molar-refractivity contribution in [2.75, 3.05) is 7.11 Å². The number of hydrogen-bond donors (Lipinski definition) is 1. The number of nitrogens with one attached hydrogen (secondary N) is 1.